The van der Waals surface area contributed by atoms with E-state index in [9.17, 15) is 4.79 Å². The molecule has 0 fully saturated rings. The molecule has 0 saturated heterocycles. The minimum absolute atomic E-state index is 0.000439. The standard InChI is InChI=1S/C20H21N5O.CH2O2/c1-24-17-10-12-25(20(26)15-7-8-18(21)22-13-15)11-9-16(17)19(23-24)14-5-3-2-4-6-14;2-1-3/h2-8,13H,9-12H2,1H3,(H2,21,22);1H,(H,2,3). The maximum Gasteiger partial charge on any atom is 0.290 e. The number of nitrogens with zero attached hydrogens (tertiary/aromatic N) is 4. The van der Waals surface area contributed by atoms with Gasteiger partial charge >= 0.3 is 0 Å². The molecule has 29 heavy (non-hydrogen) atoms. The highest BCUT2D eigenvalue weighted by molar-refractivity contribution is 5.94. The van der Waals surface area contributed by atoms with Crippen LogP contribution in [0.15, 0.2) is 48.7 Å². The van der Waals surface area contributed by atoms with Gasteiger partial charge < -0.3 is 15.7 Å². The Morgan fingerprint density at radius 2 is 1.83 bits per heavy atom. The molecule has 0 bridgehead atoms. The van der Waals surface area contributed by atoms with Crippen molar-refractivity contribution in [3.05, 3.63) is 65.5 Å². The molecule has 1 aliphatic rings. The third-order valence-electron chi connectivity index (χ3n) is 4.89. The molecule has 3 heterocycles. The summed E-state index contributed by atoms with van der Waals surface area (Å²) in [6.45, 7) is 1.09. The number of carbonyl (C=O) groups excluding carboxylic acids is 1. The van der Waals surface area contributed by atoms with Crippen molar-refractivity contribution >= 4 is 18.2 Å². The Morgan fingerprint density at radius 1 is 1.14 bits per heavy atom. The summed E-state index contributed by atoms with van der Waals surface area (Å²) in [4.78, 5) is 27.1. The van der Waals surface area contributed by atoms with Crippen molar-refractivity contribution in [1.82, 2.24) is 19.7 Å². The highest BCUT2D eigenvalue weighted by Gasteiger charge is 2.25. The lowest BCUT2D eigenvalue weighted by Gasteiger charge is -2.20. The monoisotopic (exact) mass is 393 g/mol. The van der Waals surface area contributed by atoms with Crippen LogP contribution in [-0.2, 0) is 24.7 Å². The number of rotatable bonds is 2. The van der Waals surface area contributed by atoms with E-state index in [1.165, 1.54) is 11.3 Å². The minimum atomic E-state index is -0.250. The van der Waals surface area contributed by atoms with E-state index < -0.39 is 0 Å². The fourth-order valence-electron chi connectivity index (χ4n) is 3.52. The highest BCUT2D eigenvalue weighted by atomic mass is 16.3. The normalized spacial score (nSPS) is 12.9. The summed E-state index contributed by atoms with van der Waals surface area (Å²) in [5, 5.41) is 11.6. The molecule has 3 aromatic rings. The zero-order valence-corrected chi connectivity index (χ0v) is 16.2. The third kappa shape index (κ3) is 4.43. The number of anilines is 1. The average Bonchev–Trinajstić information content (AvgIpc) is 2.90. The van der Waals surface area contributed by atoms with E-state index in [0.717, 1.165) is 24.1 Å². The van der Waals surface area contributed by atoms with Crippen molar-refractivity contribution in [1.29, 1.82) is 0 Å². The second-order valence-corrected chi connectivity index (χ2v) is 6.63. The molecule has 1 aromatic carbocycles. The molecule has 0 spiro atoms. The summed E-state index contributed by atoms with van der Waals surface area (Å²) in [6.07, 6.45) is 3.13. The third-order valence-corrected chi connectivity index (χ3v) is 4.89. The Balaban J connectivity index is 0.000000755. The predicted octanol–water partition coefficient (Wildman–Crippen LogP) is 2.01. The number of aryl methyl sites for hydroxylation is 1. The van der Waals surface area contributed by atoms with Crippen LogP contribution in [0.5, 0.6) is 0 Å². The average molecular weight is 393 g/mol. The lowest BCUT2D eigenvalue weighted by Crippen LogP contribution is -2.33. The maximum atomic E-state index is 12.8. The zero-order valence-electron chi connectivity index (χ0n) is 16.2. The van der Waals surface area contributed by atoms with Gasteiger partial charge in [-0.15, -0.1) is 0 Å². The summed E-state index contributed by atoms with van der Waals surface area (Å²) < 4.78 is 1.95. The van der Waals surface area contributed by atoms with Gasteiger partial charge in [-0.25, -0.2) is 4.98 Å². The lowest BCUT2D eigenvalue weighted by atomic mass is 10.0. The molecule has 0 saturated carbocycles. The first-order chi connectivity index (χ1) is 14.0. The van der Waals surface area contributed by atoms with Crippen LogP contribution in [0.1, 0.15) is 21.6 Å². The molecule has 8 nitrogen and oxygen atoms in total. The van der Waals surface area contributed by atoms with Crippen LogP contribution in [0, 0.1) is 0 Å². The number of amides is 1. The Bertz CT molecular complexity index is 984. The number of nitrogen functional groups attached to an aromatic ring is 1. The van der Waals surface area contributed by atoms with Gasteiger partial charge in [0.15, 0.2) is 0 Å². The molecule has 0 aliphatic carbocycles. The van der Waals surface area contributed by atoms with Gasteiger partial charge in [0.05, 0.1) is 11.3 Å². The molecular weight excluding hydrogens is 370 g/mol. The van der Waals surface area contributed by atoms with E-state index in [1.54, 1.807) is 18.3 Å². The number of carbonyl (C=O) groups is 2. The summed E-state index contributed by atoms with van der Waals surface area (Å²) >= 11 is 0. The molecule has 8 heteroatoms. The van der Waals surface area contributed by atoms with Crippen LogP contribution in [0.2, 0.25) is 0 Å². The van der Waals surface area contributed by atoms with Crippen LogP contribution in [0.25, 0.3) is 11.3 Å². The highest BCUT2D eigenvalue weighted by Crippen LogP contribution is 2.28. The minimum Gasteiger partial charge on any atom is -0.483 e. The molecule has 0 radical (unpaired) electrons. The van der Waals surface area contributed by atoms with Crippen LogP contribution in [-0.4, -0.2) is 50.2 Å². The van der Waals surface area contributed by atoms with Crippen molar-refractivity contribution in [3.8, 4) is 11.3 Å². The van der Waals surface area contributed by atoms with Gasteiger partial charge in [0, 0.05) is 49.6 Å². The van der Waals surface area contributed by atoms with Crippen LogP contribution >= 0.6 is 0 Å². The van der Waals surface area contributed by atoms with E-state index in [0.29, 0.717) is 24.5 Å². The lowest BCUT2D eigenvalue weighted by molar-refractivity contribution is -0.122. The van der Waals surface area contributed by atoms with Crippen molar-refractivity contribution in [2.45, 2.75) is 12.8 Å². The van der Waals surface area contributed by atoms with Gasteiger partial charge in [-0.2, -0.15) is 5.10 Å². The molecule has 4 rings (SSSR count). The Kier molecular flexibility index (Phi) is 6.23. The summed E-state index contributed by atoms with van der Waals surface area (Å²) in [5.74, 6) is 0.419. The van der Waals surface area contributed by atoms with E-state index in [2.05, 4.69) is 17.1 Å². The number of carboxylic acid groups (broad SMARTS) is 1. The first-order valence-electron chi connectivity index (χ1n) is 9.24. The van der Waals surface area contributed by atoms with Gasteiger partial charge in [0.1, 0.15) is 5.82 Å². The van der Waals surface area contributed by atoms with Crippen LogP contribution in [0.3, 0.4) is 0 Å². The molecular formula is C21H23N5O3. The van der Waals surface area contributed by atoms with Gasteiger partial charge in [-0.1, -0.05) is 30.3 Å². The summed E-state index contributed by atoms with van der Waals surface area (Å²) in [6, 6.07) is 13.6. The molecule has 2 aromatic heterocycles. The molecule has 1 amide bonds. The van der Waals surface area contributed by atoms with E-state index in [-0.39, 0.29) is 12.4 Å². The first-order valence-corrected chi connectivity index (χ1v) is 9.24. The molecule has 0 unspecified atom stereocenters. The number of aromatic nitrogens is 3. The van der Waals surface area contributed by atoms with Gasteiger partial charge in [0.2, 0.25) is 0 Å². The van der Waals surface area contributed by atoms with Gasteiger partial charge in [-0.05, 0) is 18.6 Å². The number of hydrogen-bond acceptors (Lipinski definition) is 5. The number of hydrogen-bond donors (Lipinski definition) is 2. The zero-order chi connectivity index (χ0) is 20.8. The summed E-state index contributed by atoms with van der Waals surface area (Å²) in [7, 11) is 1.98. The second-order valence-electron chi connectivity index (χ2n) is 6.63. The van der Waals surface area contributed by atoms with Gasteiger partial charge in [-0.3, -0.25) is 14.3 Å². The van der Waals surface area contributed by atoms with Crippen molar-refractivity contribution in [3.63, 3.8) is 0 Å². The van der Waals surface area contributed by atoms with E-state index in [1.807, 2.05) is 34.8 Å². The first kappa shape index (κ1) is 20.1. The number of benzene rings is 1. The van der Waals surface area contributed by atoms with E-state index >= 15 is 0 Å². The quantitative estimate of drug-likeness (QED) is 0.644. The maximum absolute atomic E-state index is 12.8. The smallest absolute Gasteiger partial charge is 0.290 e. The summed E-state index contributed by atoms with van der Waals surface area (Å²) in [5.41, 5.74) is 10.8. The molecule has 150 valence electrons. The number of pyridine rings is 1. The van der Waals surface area contributed by atoms with Crippen molar-refractivity contribution in [2.24, 2.45) is 7.05 Å². The van der Waals surface area contributed by atoms with Crippen molar-refractivity contribution < 1.29 is 14.7 Å². The molecule has 1 aliphatic heterocycles. The Morgan fingerprint density at radius 3 is 2.48 bits per heavy atom. The van der Waals surface area contributed by atoms with Crippen molar-refractivity contribution in [2.75, 3.05) is 18.8 Å². The fraction of sp³-hybridized carbons (Fsp3) is 0.238. The van der Waals surface area contributed by atoms with Gasteiger partial charge in [0.25, 0.3) is 12.4 Å². The Hall–Kier alpha value is -3.68. The van der Waals surface area contributed by atoms with Crippen LogP contribution in [0.4, 0.5) is 5.82 Å². The Labute approximate surface area is 168 Å². The SMILES string of the molecule is Cn1nc(-c2ccccc2)c2c1CCN(C(=O)c1ccc(N)nc1)CC2.O=CO. The topological polar surface area (TPSA) is 114 Å². The number of fused-ring (bicyclic) bond motifs is 1. The molecule has 3 N–H and O–H groups in total. The number of nitrogens with two attached hydrogens (primary N) is 1. The van der Waals surface area contributed by atoms with Crippen LogP contribution < -0.4 is 5.73 Å². The fourth-order valence-corrected chi connectivity index (χ4v) is 3.52. The second kappa shape index (κ2) is 9.01. The van der Waals surface area contributed by atoms with E-state index in [4.69, 9.17) is 20.7 Å². The molecule has 0 atom stereocenters. The predicted molar refractivity (Wildman–Crippen MR) is 109 cm³/mol. The largest absolute Gasteiger partial charge is 0.483 e.